The first-order chi connectivity index (χ1) is 8.75. The Hall–Kier alpha value is -1.81. The van der Waals surface area contributed by atoms with Crippen LogP contribution in [0.5, 0.6) is 5.75 Å². The molecule has 96 valence electrons. The van der Waals surface area contributed by atoms with Crippen LogP contribution < -0.4 is 10.1 Å². The number of aryl methyl sites for hydroxylation is 1. The van der Waals surface area contributed by atoms with Gasteiger partial charge in [0.1, 0.15) is 18.2 Å². The summed E-state index contributed by atoms with van der Waals surface area (Å²) in [5.74, 6) is 0.486. The minimum absolute atomic E-state index is 0.238. The lowest BCUT2D eigenvalue weighted by atomic mass is 10.2. The molecule has 2 aromatic rings. The van der Waals surface area contributed by atoms with Crippen LogP contribution >= 0.6 is 0 Å². The minimum Gasteiger partial charge on any atom is -0.492 e. The van der Waals surface area contributed by atoms with Crippen molar-refractivity contribution in [2.24, 2.45) is 0 Å². The fourth-order valence-corrected chi connectivity index (χ4v) is 1.63. The highest BCUT2D eigenvalue weighted by molar-refractivity contribution is 5.32. The van der Waals surface area contributed by atoms with Crippen LogP contribution in [0.1, 0.15) is 11.1 Å². The molecule has 0 saturated carbocycles. The predicted molar refractivity (Wildman–Crippen MR) is 67.0 cm³/mol. The van der Waals surface area contributed by atoms with Gasteiger partial charge < -0.3 is 14.5 Å². The van der Waals surface area contributed by atoms with Crippen LogP contribution in [0, 0.1) is 12.7 Å². The van der Waals surface area contributed by atoms with Crippen molar-refractivity contribution in [2.75, 3.05) is 13.2 Å². The minimum atomic E-state index is -0.238. The number of hydrogen-bond acceptors (Lipinski definition) is 3. The molecule has 1 aromatic carbocycles. The third kappa shape index (κ3) is 3.60. The molecule has 1 heterocycles. The van der Waals surface area contributed by atoms with E-state index in [0.717, 1.165) is 30.0 Å². The Labute approximate surface area is 106 Å². The van der Waals surface area contributed by atoms with Crippen molar-refractivity contribution in [1.82, 2.24) is 5.32 Å². The SMILES string of the molecule is Cc1cc(F)ccc1OCCNCc1ccoc1. The van der Waals surface area contributed by atoms with Crippen LogP contribution in [0.4, 0.5) is 4.39 Å². The van der Waals surface area contributed by atoms with Crippen molar-refractivity contribution in [1.29, 1.82) is 0 Å². The Morgan fingerprint density at radius 2 is 2.22 bits per heavy atom. The molecule has 4 heteroatoms. The van der Waals surface area contributed by atoms with Gasteiger partial charge in [0.05, 0.1) is 12.5 Å². The zero-order valence-corrected chi connectivity index (χ0v) is 10.3. The first-order valence-electron chi connectivity index (χ1n) is 5.86. The highest BCUT2D eigenvalue weighted by Gasteiger charge is 2.00. The maximum Gasteiger partial charge on any atom is 0.123 e. The predicted octanol–water partition coefficient (Wildman–Crippen LogP) is 2.90. The lowest BCUT2D eigenvalue weighted by molar-refractivity contribution is 0.311. The molecule has 0 radical (unpaired) electrons. The summed E-state index contributed by atoms with van der Waals surface area (Å²) < 4.78 is 23.4. The van der Waals surface area contributed by atoms with Crippen LogP contribution in [-0.4, -0.2) is 13.2 Å². The lowest BCUT2D eigenvalue weighted by Gasteiger charge is -2.09. The van der Waals surface area contributed by atoms with Gasteiger partial charge in [-0.05, 0) is 36.8 Å². The first kappa shape index (κ1) is 12.6. The van der Waals surface area contributed by atoms with Crippen LogP contribution in [0.2, 0.25) is 0 Å². The molecule has 0 fully saturated rings. The normalized spacial score (nSPS) is 10.6. The Kier molecular flexibility index (Phi) is 4.36. The fourth-order valence-electron chi connectivity index (χ4n) is 1.63. The molecule has 0 unspecified atom stereocenters. The fraction of sp³-hybridized carbons (Fsp3) is 0.286. The molecule has 0 aliphatic rings. The summed E-state index contributed by atoms with van der Waals surface area (Å²) in [5.41, 5.74) is 1.91. The number of furan rings is 1. The van der Waals surface area contributed by atoms with Gasteiger partial charge >= 0.3 is 0 Å². The Bertz CT molecular complexity index is 483. The van der Waals surface area contributed by atoms with Crippen molar-refractivity contribution < 1.29 is 13.5 Å². The second-order valence-corrected chi connectivity index (χ2v) is 4.07. The smallest absolute Gasteiger partial charge is 0.123 e. The molecule has 18 heavy (non-hydrogen) atoms. The molecule has 0 saturated heterocycles. The van der Waals surface area contributed by atoms with Gasteiger partial charge in [0.2, 0.25) is 0 Å². The van der Waals surface area contributed by atoms with Crippen molar-refractivity contribution >= 4 is 0 Å². The Morgan fingerprint density at radius 1 is 1.33 bits per heavy atom. The number of hydrogen-bond donors (Lipinski definition) is 1. The third-order valence-corrected chi connectivity index (χ3v) is 2.58. The molecule has 0 spiro atoms. The quantitative estimate of drug-likeness (QED) is 0.799. The second-order valence-electron chi connectivity index (χ2n) is 4.07. The van der Waals surface area contributed by atoms with Gasteiger partial charge in [0.15, 0.2) is 0 Å². The van der Waals surface area contributed by atoms with Gasteiger partial charge in [-0.1, -0.05) is 0 Å². The molecule has 2 rings (SSSR count). The van der Waals surface area contributed by atoms with E-state index in [1.54, 1.807) is 18.6 Å². The Balaban J connectivity index is 1.69. The van der Waals surface area contributed by atoms with Crippen molar-refractivity contribution in [3.63, 3.8) is 0 Å². The van der Waals surface area contributed by atoms with E-state index in [0.29, 0.717) is 6.61 Å². The van der Waals surface area contributed by atoms with E-state index in [1.807, 2.05) is 13.0 Å². The monoisotopic (exact) mass is 249 g/mol. The average molecular weight is 249 g/mol. The number of benzene rings is 1. The van der Waals surface area contributed by atoms with Gasteiger partial charge in [-0.3, -0.25) is 0 Å². The summed E-state index contributed by atoms with van der Waals surface area (Å²) in [6, 6.07) is 6.44. The molecule has 3 nitrogen and oxygen atoms in total. The largest absolute Gasteiger partial charge is 0.492 e. The van der Waals surface area contributed by atoms with Gasteiger partial charge in [-0.25, -0.2) is 4.39 Å². The van der Waals surface area contributed by atoms with E-state index < -0.39 is 0 Å². The van der Waals surface area contributed by atoms with Crippen LogP contribution in [0.15, 0.2) is 41.2 Å². The van der Waals surface area contributed by atoms with Crippen LogP contribution in [-0.2, 0) is 6.54 Å². The summed E-state index contributed by atoms with van der Waals surface area (Å²) in [6.45, 7) is 3.85. The van der Waals surface area contributed by atoms with E-state index in [-0.39, 0.29) is 5.82 Å². The zero-order valence-electron chi connectivity index (χ0n) is 10.3. The summed E-state index contributed by atoms with van der Waals surface area (Å²) in [4.78, 5) is 0. The number of rotatable bonds is 6. The van der Waals surface area contributed by atoms with E-state index in [1.165, 1.54) is 12.1 Å². The van der Waals surface area contributed by atoms with E-state index in [2.05, 4.69) is 5.32 Å². The highest BCUT2D eigenvalue weighted by atomic mass is 19.1. The average Bonchev–Trinajstić information content (AvgIpc) is 2.84. The summed E-state index contributed by atoms with van der Waals surface area (Å²) >= 11 is 0. The van der Waals surface area contributed by atoms with E-state index in [9.17, 15) is 4.39 Å². The summed E-state index contributed by atoms with van der Waals surface area (Å²) in [7, 11) is 0. The topological polar surface area (TPSA) is 34.4 Å². The van der Waals surface area contributed by atoms with Crippen molar-refractivity contribution in [2.45, 2.75) is 13.5 Å². The third-order valence-electron chi connectivity index (χ3n) is 2.58. The summed E-state index contributed by atoms with van der Waals surface area (Å²) in [5, 5.41) is 3.23. The van der Waals surface area contributed by atoms with Gasteiger partial charge in [0.25, 0.3) is 0 Å². The van der Waals surface area contributed by atoms with Crippen LogP contribution in [0.3, 0.4) is 0 Å². The molecule has 1 aromatic heterocycles. The van der Waals surface area contributed by atoms with Gasteiger partial charge in [-0.2, -0.15) is 0 Å². The standard InChI is InChI=1S/C14H16FNO2/c1-11-8-13(15)2-3-14(11)18-7-5-16-9-12-4-6-17-10-12/h2-4,6,8,10,16H,5,7,9H2,1H3. The number of nitrogens with one attached hydrogen (secondary N) is 1. The Morgan fingerprint density at radius 3 is 2.94 bits per heavy atom. The van der Waals surface area contributed by atoms with Crippen LogP contribution in [0.25, 0.3) is 0 Å². The molecule has 0 amide bonds. The van der Waals surface area contributed by atoms with Gasteiger partial charge in [-0.15, -0.1) is 0 Å². The van der Waals surface area contributed by atoms with Crippen molar-refractivity contribution in [3.8, 4) is 5.75 Å². The van der Waals surface area contributed by atoms with Gasteiger partial charge in [0, 0.05) is 18.7 Å². The van der Waals surface area contributed by atoms with E-state index in [4.69, 9.17) is 9.15 Å². The summed E-state index contributed by atoms with van der Waals surface area (Å²) in [6.07, 6.45) is 3.35. The zero-order chi connectivity index (χ0) is 12.8. The molecule has 0 aliphatic carbocycles. The first-order valence-corrected chi connectivity index (χ1v) is 5.86. The highest BCUT2D eigenvalue weighted by Crippen LogP contribution is 2.17. The molecular formula is C14H16FNO2. The lowest BCUT2D eigenvalue weighted by Crippen LogP contribution is -2.20. The number of ether oxygens (including phenoxy) is 1. The molecule has 0 bridgehead atoms. The molecule has 1 N–H and O–H groups in total. The molecular weight excluding hydrogens is 233 g/mol. The van der Waals surface area contributed by atoms with Crippen molar-refractivity contribution in [3.05, 3.63) is 53.7 Å². The second kappa shape index (κ2) is 6.21. The maximum atomic E-state index is 12.9. The molecule has 0 atom stereocenters. The molecule has 0 aliphatic heterocycles. The van der Waals surface area contributed by atoms with E-state index >= 15 is 0 Å². The maximum absolute atomic E-state index is 12.9. The number of halogens is 1.